The summed E-state index contributed by atoms with van der Waals surface area (Å²) in [7, 11) is 1.67. The maximum atomic E-state index is 6.50. The molecule has 30 heavy (non-hydrogen) atoms. The van der Waals surface area contributed by atoms with Crippen molar-refractivity contribution in [1.82, 2.24) is 4.90 Å². The van der Waals surface area contributed by atoms with E-state index in [1.165, 1.54) is 70.6 Å². The molecule has 0 amide bonds. The highest BCUT2D eigenvalue weighted by atomic mass is 35.5. The molecule has 3 rings (SSSR count). The smallest absolute Gasteiger partial charge is 0.137 e. The number of ether oxygens (including phenoxy) is 1. The van der Waals surface area contributed by atoms with Crippen LogP contribution in [0.1, 0.15) is 84.5 Å². The maximum absolute atomic E-state index is 6.50. The summed E-state index contributed by atoms with van der Waals surface area (Å²) in [6.07, 6.45) is 16.7. The standard InChI is InChI=1S/C25H40ClN3O/c1-4-5-6-9-12-20(2)25-27-18-28(21-13-10-7-8-11-14-21)19-29(25)22-15-16-24(30-3)23(26)17-22/h15-18,20-21,25H,4-14,19H2,1-3H3. The van der Waals surface area contributed by atoms with E-state index in [1.54, 1.807) is 7.11 Å². The van der Waals surface area contributed by atoms with Crippen molar-refractivity contribution in [2.45, 2.75) is 96.7 Å². The Labute approximate surface area is 188 Å². The van der Waals surface area contributed by atoms with Gasteiger partial charge in [0.2, 0.25) is 0 Å². The molecule has 2 atom stereocenters. The van der Waals surface area contributed by atoms with Crippen LogP contribution in [-0.2, 0) is 0 Å². The Morgan fingerprint density at radius 2 is 1.90 bits per heavy atom. The van der Waals surface area contributed by atoms with Crippen LogP contribution < -0.4 is 9.64 Å². The first-order valence-corrected chi connectivity index (χ1v) is 12.4. The number of benzene rings is 1. The van der Waals surface area contributed by atoms with Crippen LogP contribution in [0.25, 0.3) is 0 Å². The summed E-state index contributed by atoms with van der Waals surface area (Å²) in [5.41, 5.74) is 1.14. The molecule has 5 heteroatoms. The summed E-state index contributed by atoms with van der Waals surface area (Å²) in [5.74, 6) is 1.24. The highest BCUT2D eigenvalue weighted by Crippen LogP contribution is 2.34. The summed E-state index contributed by atoms with van der Waals surface area (Å²) in [4.78, 5) is 10.0. The van der Waals surface area contributed by atoms with Gasteiger partial charge in [-0.2, -0.15) is 0 Å². The lowest BCUT2D eigenvalue weighted by atomic mass is 9.98. The Hall–Kier alpha value is -1.42. The molecule has 0 N–H and O–H groups in total. The average Bonchev–Trinajstić information content (AvgIpc) is 3.06. The molecule has 2 aliphatic rings. The summed E-state index contributed by atoms with van der Waals surface area (Å²) in [5, 5.41) is 0.667. The second-order valence-electron chi connectivity index (χ2n) is 9.09. The molecule has 168 valence electrons. The molecule has 1 aliphatic heterocycles. The highest BCUT2D eigenvalue weighted by Gasteiger charge is 2.31. The Bertz CT molecular complexity index is 672. The fourth-order valence-corrected chi connectivity index (χ4v) is 5.15. The summed E-state index contributed by atoms with van der Waals surface area (Å²) < 4.78 is 5.38. The molecule has 1 aromatic carbocycles. The van der Waals surface area contributed by atoms with Crippen LogP contribution in [0, 0.1) is 5.92 Å². The molecule has 0 spiro atoms. The van der Waals surface area contributed by atoms with Crippen molar-refractivity contribution in [2.24, 2.45) is 10.9 Å². The number of anilines is 1. The van der Waals surface area contributed by atoms with Gasteiger partial charge in [-0.1, -0.05) is 76.8 Å². The lowest BCUT2D eigenvalue weighted by Gasteiger charge is -2.44. The minimum Gasteiger partial charge on any atom is -0.495 e. The largest absolute Gasteiger partial charge is 0.495 e. The fourth-order valence-electron chi connectivity index (χ4n) is 4.89. The predicted molar refractivity (Wildman–Crippen MR) is 129 cm³/mol. The third-order valence-electron chi connectivity index (χ3n) is 6.79. The molecule has 0 aromatic heterocycles. The van der Waals surface area contributed by atoms with E-state index in [0.717, 1.165) is 18.1 Å². The maximum Gasteiger partial charge on any atom is 0.137 e. The first kappa shape index (κ1) is 23.2. The third kappa shape index (κ3) is 6.06. The lowest BCUT2D eigenvalue weighted by molar-refractivity contribution is 0.249. The normalized spacial score (nSPS) is 21.5. The quantitative estimate of drug-likeness (QED) is 0.306. The monoisotopic (exact) mass is 433 g/mol. The second-order valence-corrected chi connectivity index (χ2v) is 9.50. The van der Waals surface area contributed by atoms with Gasteiger partial charge >= 0.3 is 0 Å². The molecule has 1 saturated carbocycles. The van der Waals surface area contributed by atoms with Crippen LogP contribution in [-0.4, -0.2) is 37.2 Å². The van der Waals surface area contributed by atoms with Crippen molar-refractivity contribution in [3.05, 3.63) is 23.2 Å². The van der Waals surface area contributed by atoms with E-state index in [9.17, 15) is 0 Å². The minimum absolute atomic E-state index is 0.165. The third-order valence-corrected chi connectivity index (χ3v) is 7.08. The van der Waals surface area contributed by atoms with Crippen molar-refractivity contribution in [1.29, 1.82) is 0 Å². The van der Waals surface area contributed by atoms with Crippen LogP contribution in [0.2, 0.25) is 5.02 Å². The van der Waals surface area contributed by atoms with E-state index < -0.39 is 0 Å². The Morgan fingerprint density at radius 3 is 2.57 bits per heavy atom. The number of rotatable bonds is 9. The van der Waals surface area contributed by atoms with Crippen LogP contribution in [0.3, 0.4) is 0 Å². The fraction of sp³-hybridized carbons (Fsp3) is 0.720. The van der Waals surface area contributed by atoms with Crippen molar-refractivity contribution < 1.29 is 4.74 Å². The molecule has 1 heterocycles. The van der Waals surface area contributed by atoms with E-state index in [4.69, 9.17) is 21.3 Å². The molecule has 0 saturated heterocycles. The zero-order chi connectivity index (χ0) is 21.3. The predicted octanol–water partition coefficient (Wildman–Crippen LogP) is 7.11. The van der Waals surface area contributed by atoms with Gasteiger partial charge in [0.1, 0.15) is 11.9 Å². The Kier molecular flexibility index (Phi) is 9.17. The number of aliphatic imine (C=N–C) groups is 1. The van der Waals surface area contributed by atoms with Gasteiger partial charge in [-0.25, -0.2) is 0 Å². The number of methoxy groups -OCH3 is 1. The van der Waals surface area contributed by atoms with Gasteiger partial charge in [0.15, 0.2) is 0 Å². The lowest BCUT2D eigenvalue weighted by Crippen LogP contribution is -2.52. The van der Waals surface area contributed by atoms with E-state index in [0.29, 0.717) is 17.0 Å². The van der Waals surface area contributed by atoms with Gasteiger partial charge in [-0.05, 0) is 43.4 Å². The van der Waals surface area contributed by atoms with Crippen LogP contribution in [0.4, 0.5) is 5.69 Å². The highest BCUT2D eigenvalue weighted by molar-refractivity contribution is 6.32. The first-order chi connectivity index (χ1) is 14.6. The molecular weight excluding hydrogens is 394 g/mol. The van der Waals surface area contributed by atoms with Gasteiger partial charge in [-0.15, -0.1) is 0 Å². The minimum atomic E-state index is 0.165. The zero-order valence-electron chi connectivity index (χ0n) is 19.2. The van der Waals surface area contributed by atoms with Crippen molar-refractivity contribution in [3.63, 3.8) is 0 Å². The Morgan fingerprint density at radius 1 is 1.13 bits per heavy atom. The molecule has 2 unspecified atom stereocenters. The van der Waals surface area contributed by atoms with Crippen LogP contribution >= 0.6 is 11.6 Å². The van der Waals surface area contributed by atoms with Gasteiger partial charge in [-0.3, -0.25) is 4.99 Å². The molecule has 0 bridgehead atoms. The zero-order valence-corrected chi connectivity index (χ0v) is 19.9. The number of nitrogens with zero attached hydrogens (tertiary/aromatic N) is 3. The van der Waals surface area contributed by atoms with E-state index in [1.807, 2.05) is 12.1 Å². The van der Waals surface area contributed by atoms with Crippen molar-refractivity contribution in [3.8, 4) is 5.75 Å². The molecule has 4 nitrogen and oxygen atoms in total. The van der Waals surface area contributed by atoms with Gasteiger partial charge < -0.3 is 14.5 Å². The molecule has 1 fully saturated rings. The number of unbranched alkanes of at least 4 members (excludes halogenated alkanes) is 3. The molecular formula is C25H40ClN3O. The second kappa shape index (κ2) is 11.8. The van der Waals surface area contributed by atoms with Gasteiger partial charge in [0.05, 0.1) is 25.1 Å². The van der Waals surface area contributed by atoms with Crippen molar-refractivity contribution in [2.75, 3.05) is 18.7 Å². The Balaban J connectivity index is 1.79. The molecule has 1 aromatic rings. The molecule has 0 radical (unpaired) electrons. The first-order valence-electron chi connectivity index (χ1n) is 12.0. The van der Waals surface area contributed by atoms with Crippen molar-refractivity contribution >= 4 is 23.6 Å². The van der Waals surface area contributed by atoms with Gasteiger partial charge in [0, 0.05) is 11.7 Å². The summed E-state index contributed by atoms with van der Waals surface area (Å²) >= 11 is 6.50. The number of hydrogen-bond acceptors (Lipinski definition) is 4. The van der Waals surface area contributed by atoms with Gasteiger partial charge in [0.25, 0.3) is 0 Å². The van der Waals surface area contributed by atoms with E-state index >= 15 is 0 Å². The number of halogens is 1. The SMILES string of the molecule is CCCCCCC(C)C1N=CN(C2CCCCCC2)CN1c1ccc(OC)c(Cl)c1. The van der Waals surface area contributed by atoms with Crippen LogP contribution in [0.5, 0.6) is 5.75 Å². The number of hydrogen-bond donors (Lipinski definition) is 0. The molecule has 1 aliphatic carbocycles. The summed E-state index contributed by atoms with van der Waals surface area (Å²) in [6, 6.07) is 6.76. The van der Waals surface area contributed by atoms with E-state index in [2.05, 4.69) is 36.1 Å². The average molecular weight is 434 g/mol. The van der Waals surface area contributed by atoms with Crippen LogP contribution in [0.15, 0.2) is 23.2 Å². The van der Waals surface area contributed by atoms with E-state index in [-0.39, 0.29) is 6.17 Å². The summed E-state index contributed by atoms with van der Waals surface area (Å²) in [6.45, 7) is 5.51. The topological polar surface area (TPSA) is 28.1 Å².